The fourth-order valence-corrected chi connectivity index (χ4v) is 7.41. The molecule has 0 saturated carbocycles. The lowest BCUT2D eigenvalue weighted by atomic mass is 9.72. The average molecular weight is 782 g/mol. The van der Waals surface area contributed by atoms with Gasteiger partial charge < -0.3 is 40.6 Å². The minimum Gasteiger partial charge on any atom is -0.481 e. The smallest absolute Gasteiger partial charge is 0.326 e. The van der Waals surface area contributed by atoms with Crippen LogP contribution in [0.4, 0.5) is 0 Å². The quantitative estimate of drug-likeness (QED) is 0.0820. The summed E-state index contributed by atoms with van der Waals surface area (Å²) in [5, 5.41) is 34.0. The van der Waals surface area contributed by atoms with Crippen LogP contribution >= 0.6 is 0 Å². The van der Waals surface area contributed by atoms with E-state index in [2.05, 4.69) is 15.2 Å². The number of carboxylic acids is 2. The normalized spacial score (nSPS) is 15.7. The van der Waals surface area contributed by atoms with Crippen molar-refractivity contribution in [2.75, 3.05) is 19.6 Å². The molecule has 2 heterocycles. The average Bonchev–Trinajstić information content (AvgIpc) is 3.67. The maximum atomic E-state index is 13.3. The van der Waals surface area contributed by atoms with Gasteiger partial charge in [-0.05, 0) is 94.3 Å². The van der Waals surface area contributed by atoms with Crippen LogP contribution in [0.2, 0.25) is 0 Å². The molecule has 0 aliphatic carbocycles. The number of piperidine rings is 1. The van der Waals surface area contributed by atoms with Gasteiger partial charge in [0, 0.05) is 19.2 Å². The number of likely N-dealkylation sites (tertiary alicyclic amines) is 1. The number of imidazole rings is 1. The van der Waals surface area contributed by atoms with E-state index in [0.29, 0.717) is 17.7 Å². The molecule has 1 aliphatic rings. The zero-order valence-corrected chi connectivity index (χ0v) is 32.9. The molecule has 1 aromatic heterocycles. The van der Waals surface area contributed by atoms with Crippen molar-refractivity contribution in [2.24, 2.45) is 11.7 Å². The summed E-state index contributed by atoms with van der Waals surface area (Å²) in [6, 6.07) is 24.8. The Labute approximate surface area is 333 Å². The number of nitrogens with two attached hydrogens (primary N) is 1. The Balaban J connectivity index is 1.20. The van der Waals surface area contributed by atoms with Crippen LogP contribution in [0.3, 0.4) is 0 Å². The molecule has 6 N–H and O–H groups in total. The number of amides is 1. The van der Waals surface area contributed by atoms with E-state index in [0.717, 1.165) is 55.6 Å². The summed E-state index contributed by atoms with van der Waals surface area (Å²) in [5.41, 5.74) is 6.98. The summed E-state index contributed by atoms with van der Waals surface area (Å²) < 4.78 is 7.74. The van der Waals surface area contributed by atoms with Crippen molar-refractivity contribution in [1.82, 2.24) is 19.8 Å². The molecule has 3 atom stereocenters. The minimum absolute atomic E-state index is 0.0272. The molecule has 304 valence electrons. The fourth-order valence-electron chi connectivity index (χ4n) is 7.41. The van der Waals surface area contributed by atoms with Crippen molar-refractivity contribution in [3.05, 3.63) is 125 Å². The Hall–Kier alpha value is -5.37. The number of aryl methyl sites for hydroxylation is 1. The third-order valence-corrected chi connectivity index (χ3v) is 11.1. The van der Waals surface area contributed by atoms with Gasteiger partial charge in [0.1, 0.15) is 17.7 Å². The number of aromatic nitrogens is 2. The highest BCUT2D eigenvalue weighted by Gasteiger charge is 2.41. The summed E-state index contributed by atoms with van der Waals surface area (Å²) in [4.78, 5) is 55.5. The van der Waals surface area contributed by atoms with E-state index in [9.17, 15) is 34.5 Å². The third kappa shape index (κ3) is 10.9. The number of aliphatic carboxylic acids is 2. The maximum Gasteiger partial charge on any atom is 0.326 e. The summed E-state index contributed by atoms with van der Waals surface area (Å²) >= 11 is 0. The van der Waals surface area contributed by atoms with Crippen LogP contribution in [-0.2, 0) is 47.9 Å². The summed E-state index contributed by atoms with van der Waals surface area (Å²) in [7, 11) is 0. The number of carboxylic acid groups (broad SMARTS) is 2. The predicted molar refractivity (Wildman–Crippen MR) is 214 cm³/mol. The fraction of sp³-hybridized carbons (Fsp3) is 0.432. The van der Waals surface area contributed by atoms with E-state index in [1.54, 1.807) is 36.7 Å². The molecular formula is C44H55N5O8. The van der Waals surface area contributed by atoms with Gasteiger partial charge in [-0.1, -0.05) is 84.9 Å². The van der Waals surface area contributed by atoms with Crippen LogP contribution in [0.15, 0.2) is 97.5 Å². The van der Waals surface area contributed by atoms with Crippen LogP contribution in [0.1, 0.15) is 86.9 Å². The molecule has 0 bridgehead atoms. The van der Waals surface area contributed by atoms with Gasteiger partial charge in [0.15, 0.2) is 0 Å². The van der Waals surface area contributed by atoms with E-state index in [4.69, 9.17) is 10.5 Å². The molecule has 3 unspecified atom stereocenters. The molecular weight excluding hydrogens is 727 g/mol. The lowest BCUT2D eigenvalue weighted by molar-refractivity contribution is -0.150. The summed E-state index contributed by atoms with van der Waals surface area (Å²) in [6.45, 7) is 7.40. The Morgan fingerprint density at radius 2 is 1.49 bits per heavy atom. The number of carbonyl (C=O) groups is 4. The molecule has 0 spiro atoms. The molecule has 1 aliphatic heterocycles. The SMILES string of the molecule is CC(N)C(=O)NC(Cc1cn(CCC(=O)OC(CCCN2CCC(C(O)(c3ccccc3)c3ccccc3)CC2)c2ccc(C(C)(C)C(=O)O)cc2)cn1)C(=O)O. The maximum absolute atomic E-state index is 13.3. The van der Waals surface area contributed by atoms with Crippen molar-refractivity contribution in [2.45, 2.75) is 95.0 Å². The standard InChI is InChI=1S/C44H55N5O8/c1-30(45)40(51)47-37(41(52)53)27-36-28-49(29-46-36)26-22-39(50)57-38(31-16-18-32(19-17-31)43(2,3)42(54)55)15-10-23-48-24-20-35(21-25-48)44(56,33-11-6-4-7-12-33)34-13-8-5-9-14-34/h4-9,11-14,16-19,28-30,35,37-38,56H,10,15,20-27,45H2,1-3H3,(H,47,51)(H,52,53)(H,54,55). The Morgan fingerprint density at radius 3 is 2.04 bits per heavy atom. The van der Waals surface area contributed by atoms with Crippen LogP contribution in [0.25, 0.3) is 0 Å². The van der Waals surface area contributed by atoms with Crippen LogP contribution in [0.5, 0.6) is 0 Å². The second-order valence-electron chi connectivity index (χ2n) is 15.5. The van der Waals surface area contributed by atoms with Gasteiger partial charge in [0.05, 0.1) is 29.9 Å². The largest absolute Gasteiger partial charge is 0.481 e. The van der Waals surface area contributed by atoms with Crippen molar-refractivity contribution < 1.29 is 39.2 Å². The molecule has 4 aromatic rings. The molecule has 1 saturated heterocycles. The van der Waals surface area contributed by atoms with Crippen molar-refractivity contribution in [3.63, 3.8) is 0 Å². The number of nitrogens with one attached hydrogen (secondary N) is 1. The molecule has 3 aromatic carbocycles. The number of benzene rings is 3. The van der Waals surface area contributed by atoms with Crippen LogP contribution in [0, 0.1) is 5.92 Å². The zero-order valence-electron chi connectivity index (χ0n) is 32.9. The van der Waals surface area contributed by atoms with Crippen molar-refractivity contribution in [1.29, 1.82) is 0 Å². The van der Waals surface area contributed by atoms with E-state index >= 15 is 0 Å². The van der Waals surface area contributed by atoms with Crippen LogP contribution < -0.4 is 11.1 Å². The lowest BCUT2D eigenvalue weighted by Gasteiger charge is -2.42. The first-order chi connectivity index (χ1) is 27.2. The van der Waals surface area contributed by atoms with Gasteiger partial charge in [-0.3, -0.25) is 14.4 Å². The van der Waals surface area contributed by atoms with E-state index in [1.165, 1.54) is 13.3 Å². The number of esters is 1. The number of hydrogen-bond donors (Lipinski definition) is 5. The number of aliphatic hydroxyl groups is 1. The van der Waals surface area contributed by atoms with Crippen LogP contribution in [-0.4, -0.2) is 85.3 Å². The van der Waals surface area contributed by atoms with Crippen molar-refractivity contribution >= 4 is 23.8 Å². The van der Waals surface area contributed by atoms with Gasteiger partial charge >= 0.3 is 17.9 Å². The highest BCUT2D eigenvalue weighted by atomic mass is 16.5. The molecule has 1 fully saturated rings. The molecule has 1 amide bonds. The highest BCUT2D eigenvalue weighted by Crippen LogP contribution is 2.42. The first kappa shape index (κ1) is 42.8. The first-order valence-electron chi connectivity index (χ1n) is 19.6. The van der Waals surface area contributed by atoms with Gasteiger partial charge in [0.2, 0.25) is 5.91 Å². The summed E-state index contributed by atoms with van der Waals surface area (Å²) in [6.07, 6.45) is 5.44. The minimum atomic E-state index is -1.21. The topological polar surface area (TPSA) is 197 Å². The molecule has 5 rings (SSSR count). The van der Waals surface area contributed by atoms with E-state index < -0.39 is 53.0 Å². The number of hydrogen-bond acceptors (Lipinski definition) is 9. The number of nitrogens with zero attached hydrogens (tertiary/aromatic N) is 3. The van der Waals surface area contributed by atoms with Gasteiger partial charge in [-0.15, -0.1) is 0 Å². The van der Waals surface area contributed by atoms with Gasteiger partial charge in [0.25, 0.3) is 0 Å². The molecule has 0 radical (unpaired) electrons. The lowest BCUT2D eigenvalue weighted by Crippen LogP contribution is -2.48. The third-order valence-electron chi connectivity index (χ3n) is 11.1. The molecule has 13 heteroatoms. The second kappa shape index (κ2) is 19.2. The highest BCUT2D eigenvalue weighted by molar-refractivity contribution is 5.86. The predicted octanol–water partition coefficient (Wildman–Crippen LogP) is 4.81. The number of carbonyl (C=O) groups excluding carboxylic acids is 2. The van der Waals surface area contributed by atoms with Crippen molar-refractivity contribution in [3.8, 4) is 0 Å². The molecule has 13 nitrogen and oxygen atoms in total. The first-order valence-corrected chi connectivity index (χ1v) is 19.6. The van der Waals surface area contributed by atoms with E-state index in [-0.39, 0.29) is 25.3 Å². The van der Waals surface area contributed by atoms with E-state index in [1.807, 2.05) is 72.8 Å². The Bertz CT molecular complexity index is 1900. The Kier molecular flexibility index (Phi) is 14.4. The summed E-state index contributed by atoms with van der Waals surface area (Å²) in [5.74, 6) is -3.13. The second-order valence-corrected chi connectivity index (χ2v) is 15.5. The van der Waals surface area contributed by atoms with Gasteiger partial charge in [-0.2, -0.15) is 0 Å². The number of ether oxygens (including phenoxy) is 1. The zero-order chi connectivity index (χ0) is 41.2. The number of rotatable bonds is 19. The Morgan fingerprint density at radius 1 is 0.895 bits per heavy atom. The monoisotopic (exact) mass is 781 g/mol. The molecule has 57 heavy (non-hydrogen) atoms. The van der Waals surface area contributed by atoms with Gasteiger partial charge in [-0.25, -0.2) is 9.78 Å².